The first kappa shape index (κ1) is 26.1. The van der Waals surface area contributed by atoms with Crippen LogP contribution < -0.4 is 10.7 Å². The van der Waals surface area contributed by atoms with Crippen LogP contribution in [0.2, 0.25) is 0 Å². The normalized spacial score (nSPS) is 14.3. The molecule has 8 heteroatoms. The molecule has 186 valence electrons. The number of amides is 1. The minimum absolute atomic E-state index is 0.137. The Morgan fingerprint density at radius 1 is 1.18 bits per heavy atom. The number of nitrogens with zero attached hydrogens (tertiary/aromatic N) is 2. The molecule has 0 unspecified atom stereocenters. The summed E-state index contributed by atoms with van der Waals surface area (Å²) in [5.41, 5.74) is 1.97. The number of aromatic nitrogens is 1. The van der Waals surface area contributed by atoms with Crippen molar-refractivity contribution in [2.45, 2.75) is 39.7 Å². The van der Waals surface area contributed by atoms with Gasteiger partial charge in [-0.05, 0) is 44.4 Å². The van der Waals surface area contributed by atoms with E-state index in [4.69, 9.17) is 9.47 Å². The summed E-state index contributed by atoms with van der Waals surface area (Å²) in [5.74, 6) is -0.733. The summed E-state index contributed by atoms with van der Waals surface area (Å²) in [4.78, 5) is 28.4. The highest BCUT2D eigenvalue weighted by molar-refractivity contribution is 5.95. The van der Waals surface area contributed by atoms with Crippen LogP contribution in [-0.4, -0.2) is 68.0 Å². The number of aryl methyl sites for hydroxylation is 1. The Kier molecular flexibility index (Phi) is 10.2. The quantitative estimate of drug-likeness (QED) is 0.480. The van der Waals surface area contributed by atoms with Crippen molar-refractivity contribution >= 4 is 5.91 Å². The van der Waals surface area contributed by atoms with Gasteiger partial charge in [-0.3, -0.25) is 14.5 Å². The van der Waals surface area contributed by atoms with Crippen molar-refractivity contribution in [3.8, 4) is 0 Å². The molecular formula is C26H36FN3O4. The molecule has 2 heterocycles. The number of rotatable bonds is 12. The predicted molar refractivity (Wildman–Crippen MR) is 130 cm³/mol. The van der Waals surface area contributed by atoms with Crippen LogP contribution in [-0.2, 0) is 22.4 Å². The van der Waals surface area contributed by atoms with Crippen LogP contribution in [0.3, 0.4) is 0 Å². The number of pyridine rings is 1. The van der Waals surface area contributed by atoms with E-state index >= 15 is 0 Å². The first-order valence-electron chi connectivity index (χ1n) is 12.1. The highest BCUT2D eigenvalue weighted by Gasteiger charge is 2.21. The lowest BCUT2D eigenvalue weighted by atomic mass is 10.0. The van der Waals surface area contributed by atoms with Gasteiger partial charge in [0.05, 0.1) is 13.2 Å². The Balaban J connectivity index is 1.85. The van der Waals surface area contributed by atoms with Gasteiger partial charge in [-0.2, -0.15) is 0 Å². The van der Waals surface area contributed by atoms with E-state index in [1.807, 2.05) is 24.5 Å². The predicted octanol–water partition coefficient (Wildman–Crippen LogP) is 2.77. The molecule has 1 saturated heterocycles. The van der Waals surface area contributed by atoms with E-state index < -0.39 is 5.91 Å². The van der Waals surface area contributed by atoms with E-state index in [-0.39, 0.29) is 16.8 Å². The molecule has 0 atom stereocenters. The Bertz CT molecular complexity index is 1000. The Morgan fingerprint density at radius 2 is 1.97 bits per heavy atom. The van der Waals surface area contributed by atoms with Gasteiger partial charge in [0, 0.05) is 69.8 Å². The first-order chi connectivity index (χ1) is 16.5. The van der Waals surface area contributed by atoms with Gasteiger partial charge in [-0.25, -0.2) is 4.39 Å². The molecule has 0 saturated carbocycles. The van der Waals surface area contributed by atoms with Gasteiger partial charge in [0.15, 0.2) is 5.43 Å². The molecule has 1 N–H and O–H groups in total. The number of nitrogens with one attached hydrogen (secondary N) is 1. The van der Waals surface area contributed by atoms with E-state index in [9.17, 15) is 14.0 Å². The summed E-state index contributed by atoms with van der Waals surface area (Å²) in [6, 6.07) is 7.83. The minimum Gasteiger partial charge on any atom is -0.382 e. The van der Waals surface area contributed by atoms with Crippen molar-refractivity contribution < 1.29 is 18.7 Å². The topological polar surface area (TPSA) is 72.8 Å². The summed E-state index contributed by atoms with van der Waals surface area (Å²) in [6.45, 7) is 10.3. The third-order valence-corrected chi connectivity index (χ3v) is 6.03. The minimum atomic E-state index is -0.394. The lowest BCUT2D eigenvalue weighted by Crippen LogP contribution is -2.37. The van der Waals surface area contributed by atoms with Crippen LogP contribution in [0.25, 0.3) is 0 Å². The van der Waals surface area contributed by atoms with E-state index in [0.717, 1.165) is 50.5 Å². The average Bonchev–Trinajstić information content (AvgIpc) is 2.81. The highest BCUT2D eigenvalue weighted by Crippen LogP contribution is 2.17. The second-order valence-electron chi connectivity index (χ2n) is 8.54. The summed E-state index contributed by atoms with van der Waals surface area (Å²) in [5, 5.41) is 2.86. The molecule has 0 radical (unpaired) electrons. The van der Waals surface area contributed by atoms with Gasteiger partial charge < -0.3 is 19.4 Å². The zero-order valence-corrected chi connectivity index (χ0v) is 20.3. The maximum absolute atomic E-state index is 13.9. The van der Waals surface area contributed by atoms with E-state index in [1.165, 1.54) is 18.2 Å². The van der Waals surface area contributed by atoms with Gasteiger partial charge in [-0.15, -0.1) is 0 Å². The van der Waals surface area contributed by atoms with Crippen LogP contribution in [0, 0.1) is 12.7 Å². The molecule has 1 aliphatic rings. The maximum Gasteiger partial charge on any atom is 0.257 e. The molecule has 0 spiro atoms. The number of benzene rings is 1. The number of hydrogen-bond acceptors (Lipinski definition) is 5. The van der Waals surface area contributed by atoms with Crippen LogP contribution in [0.5, 0.6) is 0 Å². The van der Waals surface area contributed by atoms with Crippen molar-refractivity contribution in [1.29, 1.82) is 0 Å². The molecule has 0 aliphatic carbocycles. The number of carbonyl (C=O) groups is 1. The smallest absolute Gasteiger partial charge is 0.257 e. The van der Waals surface area contributed by atoms with Gasteiger partial charge in [0.2, 0.25) is 0 Å². The van der Waals surface area contributed by atoms with Crippen molar-refractivity contribution in [2.75, 3.05) is 52.6 Å². The third-order valence-electron chi connectivity index (χ3n) is 6.03. The molecule has 2 aromatic rings. The number of ether oxygens (including phenoxy) is 2. The number of morpholine rings is 1. The monoisotopic (exact) mass is 473 g/mol. The standard InChI is InChI=1S/C26H36FN3O4/c1-3-33-14-5-9-28-26(32)25-23(19-21-7-4-8-22(27)18-21)30(20(2)17-24(25)31)11-6-10-29-12-15-34-16-13-29/h4,7-8,17-18H,3,5-6,9-16,19H2,1-2H3,(H,28,32). The molecule has 1 aromatic heterocycles. The second-order valence-corrected chi connectivity index (χ2v) is 8.54. The van der Waals surface area contributed by atoms with Crippen molar-refractivity contribution in [1.82, 2.24) is 14.8 Å². The summed E-state index contributed by atoms with van der Waals surface area (Å²) >= 11 is 0. The largest absolute Gasteiger partial charge is 0.382 e. The lowest BCUT2D eigenvalue weighted by Gasteiger charge is -2.27. The van der Waals surface area contributed by atoms with Crippen LogP contribution in [0.15, 0.2) is 35.1 Å². The number of hydrogen-bond donors (Lipinski definition) is 1. The van der Waals surface area contributed by atoms with Crippen molar-refractivity contribution in [3.63, 3.8) is 0 Å². The van der Waals surface area contributed by atoms with Gasteiger partial charge in [0.25, 0.3) is 5.91 Å². The first-order valence-corrected chi connectivity index (χ1v) is 12.1. The number of halogens is 1. The van der Waals surface area contributed by atoms with Crippen LogP contribution in [0.1, 0.15) is 47.1 Å². The fourth-order valence-electron chi connectivity index (χ4n) is 4.29. The van der Waals surface area contributed by atoms with Gasteiger partial charge in [-0.1, -0.05) is 12.1 Å². The molecule has 3 rings (SSSR count). The molecule has 1 amide bonds. The van der Waals surface area contributed by atoms with Gasteiger partial charge in [0.1, 0.15) is 11.4 Å². The average molecular weight is 474 g/mol. The summed E-state index contributed by atoms with van der Waals surface area (Å²) < 4.78 is 26.7. The van der Waals surface area contributed by atoms with Crippen LogP contribution in [0.4, 0.5) is 4.39 Å². The summed E-state index contributed by atoms with van der Waals surface area (Å²) in [6.07, 6.45) is 1.83. The molecular weight excluding hydrogens is 437 g/mol. The highest BCUT2D eigenvalue weighted by atomic mass is 19.1. The third kappa shape index (κ3) is 7.48. The maximum atomic E-state index is 13.9. The second kappa shape index (κ2) is 13.4. The van der Waals surface area contributed by atoms with E-state index in [2.05, 4.69) is 10.2 Å². The Labute approximate surface area is 200 Å². The van der Waals surface area contributed by atoms with E-state index in [0.29, 0.717) is 44.8 Å². The molecule has 7 nitrogen and oxygen atoms in total. The Morgan fingerprint density at radius 3 is 2.71 bits per heavy atom. The molecule has 1 aromatic carbocycles. The molecule has 34 heavy (non-hydrogen) atoms. The zero-order valence-electron chi connectivity index (χ0n) is 20.3. The molecule has 0 bridgehead atoms. The molecule has 1 aliphatic heterocycles. The van der Waals surface area contributed by atoms with Crippen LogP contribution >= 0.6 is 0 Å². The van der Waals surface area contributed by atoms with E-state index in [1.54, 1.807) is 6.07 Å². The molecule has 1 fully saturated rings. The Hall–Kier alpha value is -2.55. The SMILES string of the molecule is CCOCCCNC(=O)c1c(Cc2cccc(F)c2)n(CCCN2CCOCC2)c(C)cc1=O. The van der Waals surface area contributed by atoms with Crippen molar-refractivity contribution in [3.05, 3.63) is 68.9 Å². The lowest BCUT2D eigenvalue weighted by molar-refractivity contribution is 0.0369. The van der Waals surface area contributed by atoms with Gasteiger partial charge >= 0.3 is 0 Å². The fourth-order valence-corrected chi connectivity index (χ4v) is 4.29. The summed E-state index contributed by atoms with van der Waals surface area (Å²) in [7, 11) is 0. The fraction of sp³-hybridized carbons (Fsp3) is 0.538. The van der Waals surface area contributed by atoms with Crippen molar-refractivity contribution in [2.24, 2.45) is 0 Å². The number of carbonyl (C=O) groups excluding carboxylic acids is 1. The zero-order chi connectivity index (χ0) is 24.3.